The first-order valence-corrected chi connectivity index (χ1v) is 11.2. The van der Waals surface area contributed by atoms with E-state index in [1.54, 1.807) is 6.08 Å². The van der Waals surface area contributed by atoms with Crippen molar-refractivity contribution in [3.8, 4) is 11.5 Å². The number of non-ortho nitro benzene ring substituents is 1. The summed E-state index contributed by atoms with van der Waals surface area (Å²) < 4.78 is 11.8. The number of para-hydroxylation sites is 1. The maximum Gasteiger partial charge on any atom is 0.270 e. The van der Waals surface area contributed by atoms with E-state index in [1.807, 2.05) is 54.6 Å². The van der Waals surface area contributed by atoms with Crippen molar-refractivity contribution < 1.29 is 19.2 Å². The third-order valence-corrected chi connectivity index (χ3v) is 5.93. The van der Waals surface area contributed by atoms with Crippen LogP contribution in [0.25, 0.3) is 6.08 Å². The summed E-state index contributed by atoms with van der Waals surface area (Å²) in [5.41, 5.74) is 1.23. The number of thiocarbonyl (C=S) groups is 1. The zero-order chi connectivity index (χ0) is 23.2. The minimum absolute atomic E-state index is 0.0503. The molecule has 0 saturated carbocycles. The molecular weight excluding hydrogens is 460 g/mol. The van der Waals surface area contributed by atoms with Crippen LogP contribution in [0.2, 0.25) is 0 Å². The molecule has 1 aliphatic heterocycles. The number of rotatable bonds is 8. The molecule has 3 aromatic carbocycles. The fourth-order valence-electron chi connectivity index (χ4n) is 3.09. The van der Waals surface area contributed by atoms with Crippen LogP contribution in [0.3, 0.4) is 0 Å². The van der Waals surface area contributed by atoms with E-state index in [-0.39, 0.29) is 11.6 Å². The van der Waals surface area contributed by atoms with Gasteiger partial charge in [0.15, 0.2) is 4.32 Å². The van der Waals surface area contributed by atoms with Gasteiger partial charge in [-0.3, -0.25) is 19.8 Å². The zero-order valence-electron chi connectivity index (χ0n) is 17.2. The molecule has 0 atom stereocenters. The molecule has 0 aromatic heterocycles. The molecule has 1 amide bonds. The lowest BCUT2D eigenvalue weighted by Crippen LogP contribution is -2.27. The van der Waals surface area contributed by atoms with Crippen molar-refractivity contribution in [3.63, 3.8) is 0 Å². The normalized spacial score (nSPS) is 14.5. The second-order valence-electron chi connectivity index (χ2n) is 6.87. The molecule has 3 aromatic rings. The van der Waals surface area contributed by atoms with Gasteiger partial charge in [-0.1, -0.05) is 54.3 Å². The number of nitro benzene ring substituents is 1. The van der Waals surface area contributed by atoms with E-state index in [2.05, 4.69) is 0 Å². The van der Waals surface area contributed by atoms with Crippen LogP contribution >= 0.6 is 24.0 Å². The van der Waals surface area contributed by atoms with Gasteiger partial charge in [-0.15, -0.1) is 0 Å². The fourth-order valence-corrected chi connectivity index (χ4v) is 4.39. The van der Waals surface area contributed by atoms with Crippen LogP contribution in [0.15, 0.2) is 83.8 Å². The standard InChI is InChI=1S/C24H18N2O5S2/c27-23-22(33-24(32)25(23)18-9-11-19(12-10-18)26(28)29)16-17-5-4-8-21(15-17)31-14-13-30-20-6-2-1-3-7-20/h1-12,15-16H,13-14H2/b22-16-. The number of ether oxygens (including phenoxy) is 2. The zero-order valence-corrected chi connectivity index (χ0v) is 18.9. The molecule has 0 aliphatic carbocycles. The highest BCUT2D eigenvalue weighted by molar-refractivity contribution is 8.27. The quantitative estimate of drug-likeness (QED) is 0.140. The van der Waals surface area contributed by atoms with Gasteiger partial charge in [0.05, 0.1) is 15.5 Å². The average Bonchev–Trinajstić information content (AvgIpc) is 3.10. The predicted molar refractivity (Wildman–Crippen MR) is 133 cm³/mol. The van der Waals surface area contributed by atoms with Crippen LogP contribution in [0.5, 0.6) is 11.5 Å². The van der Waals surface area contributed by atoms with E-state index in [0.29, 0.717) is 33.9 Å². The molecule has 9 heteroatoms. The van der Waals surface area contributed by atoms with Crippen molar-refractivity contribution in [3.05, 3.63) is 99.4 Å². The van der Waals surface area contributed by atoms with Gasteiger partial charge < -0.3 is 9.47 Å². The van der Waals surface area contributed by atoms with Crippen LogP contribution in [0.4, 0.5) is 11.4 Å². The van der Waals surface area contributed by atoms with Gasteiger partial charge in [-0.25, -0.2) is 0 Å². The first-order valence-electron chi connectivity index (χ1n) is 9.94. The van der Waals surface area contributed by atoms with E-state index < -0.39 is 4.92 Å². The lowest BCUT2D eigenvalue weighted by atomic mass is 10.2. The second kappa shape index (κ2) is 10.3. The molecule has 33 heavy (non-hydrogen) atoms. The molecule has 1 saturated heterocycles. The van der Waals surface area contributed by atoms with E-state index in [9.17, 15) is 14.9 Å². The molecule has 1 fully saturated rings. The van der Waals surface area contributed by atoms with Gasteiger partial charge in [0.25, 0.3) is 11.6 Å². The van der Waals surface area contributed by atoms with Gasteiger partial charge in [-0.2, -0.15) is 0 Å². The van der Waals surface area contributed by atoms with Gasteiger partial charge in [0.2, 0.25) is 0 Å². The number of benzene rings is 3. The summed E-state index contributed by atoms with van der Waals surface area (Å²) in [7, 11) is 0. The lowest BCUT2D eigenvalue weighted by Gasteiger charge is -2.14. The number of carbonyl (C=O) groups excluding carboxylic acids is 1. The van der Waals surface area contributed by atoms with Crippen molar-refractivity contribution in [2.45, 2.75) is 0 Å². The molecule has 7 nitrogen and oxygen atoms in total. The highest BCUT2D eigenvalue weighted by atomic mass is 32.2. The molecular formula is C24H18N2O5S2. The number of carbonyl (C=O) groups is 1. The number of nitrogens with zero attached hydrogens (tertiary/aromatic N) is 2. The SMILES string of the molecule is O=C1/C(=C/c2cccc(OCCOc3ccccc3)c2)SC(=S)N1c1ccc([N+](=O)[O-])cc1. The summed E-state index contributed by atoms with van der Waals surface area (Å²) in [6.45, 7) is 0.780. The third-order valence-electron chi connectivity index (χ3n) is 4.63. The first-order chi connectivity index (χ1) is 16.0. The van der Waals surface area contributed by atoms with Crippen molar-refractivity contribution in [2.24, 2.45) is 0 Å². The summed E-state index contributed by atoms with van der Waals surface area (Å²) in [6, 6.07) is 22.6. The third kappa shape index (κ3) is 5.57. The number of hydrogen-bond donors (Lipinski definition) is 0. The second-order valence-corrected chi connectivity index (χ2v) is 8.55. The molecule has 1 aliphatic rings. The van der Waals surface area contributed by atoms with Crippen LogP contribution in [-0.4, -0.2) is 28.4 Å². The average molecular weight is 479 g/mol. The van der Waals surface area contributed by atoms with E-state index in [1.165, 1.54) is 40.9 Å². The van der Waals surface area contributed by atoms with Crippen molar-refractivity contribution in [1.82, 2.24) is 0 Å². The highest BCUT2D eigenvalue weighted by Gasteiger charge is 2.33. The largest absolute Gasteiger partial charge is 0.490 e. The van der Waals surface area contributed by atoms with Crippen LogP contribution in [0, 0.1) is 10.1 Å². The minimum atomic E-state index is -0.489. The van der Waals surface area contributed by atoms with Gasteiger partial charge >= 0.3 is 0 Å². The summed E-state index contributed by atoms with van der Waals surface area (Å²) in [6.07, 6.45) is 1.75. The smallest absolute Gasteiger partial charge is 0.270 e. The molecule has 0 spiro atoms. The highest BCUT2D eigenvalue weighted by Crippen LogP contribution is 2.36. The van der Waals surface area contributed by atoms with Gasteiger partial charge in [-0.05, 0) is 48.0 Å². The lowest BCUT2D eigenvalue weighted by molar-refractivity contribution is -0.384. The summed E-state index contributed by atoms with van der Waals surface area (Å²) in [4.78, 5) is 25.1. The number of thioether (sulfide) groups is 1. The Labute approximate surface area is 199 Å². The molecule has 0 radical (unpaired) electrons. The Morgan fingerprint density at radius 2 is 1.61 bits per heavy atom. The number of anilines is 1. The van der Waals surface area contributed by atoms with Crippen molar-refractivity contribution in [1.29, 1.82) is 0 Å². The van der Waals surface area contributed by atoms with Crippen LogP contribution in [-0.2, 0) is 4.79 Å². The topological polar surface area (TPSA) is 81.9 Å². The molecule has 0 unspecified atom stereocenters. The van der Waals surface area contributed by atoms with E-state index >= 15 is 0 Å². The Morgan fingerprint density at radius 3 is 2.30 bits per heavy atom. The Kier molecular flexibility index (Phi) is 7.01. The van der Waals surface area contributed by atoms with E-state index in [0.717, 1.165) is 11.3 Å². The summed E-state index contributed by atoms with van der Waals surface area (Å²) in [5.74, 6) is 1.16. The molecule has 1 heterocycles. The van der Waals surface area contributed by atoms with Gasteiger partial charge in [0, 0.05) is 12.1 Å². The molecule has 0 bridgehead atoms. The maximum absolute atomic E-state index is 12.9. The fraction of sp³-hybridized carbons (Fsp3) is 0.0833. The van der Waals surface area contributed by atoms with Crippen LogP contribution < -0.4 is 14.4 Å². The van der Waals surface area contributed by atoms with Crippen molar-refractivity contribution >= 4 is 51.7 Å². The summed E-state index contributed by atoms with van der Waals surface area (Å²) in [5, 5.41) is 10.9. The monoisotopic (exact) mass is 478 g/mol. The van der Waals surface area contributed by atoms with Gasteiger partial charge in [0.1, 0.15) is 24.7 Å². The van der Waals surface area contributed by atoms with E-state index in [4.69, 9.17) is 21.7 Å². The summed E-state index contributed by atoms with van der Waals surface area (Å²) >= 11 is 6.55. The Morgan fingerprint density at radius 1 is 0.939 bits per heavy atom. The minimum Gasteiger partial charge on any atom is -0.490 e. The molecule has 0 N–H and O–H groups in total. The first kappa shape index (κ1) is 22.5. The predicted octanol–water partition coefficient (Wildman–Crippen LogP) is 5.46. The van der Waals surface area contributed by atoms with Crippen LogP contribution in [0.1, 0.15) is 5.56 Å². The number of nitro groups is 1. The number of hydrogen-bond acceptors (Lipinski definition) is 7. The Hall–Kier alpha value is -3.69. The Balaban J connectivity index is 1.40. The molecule has 4 rings (SSSR count). The Bertz CT molecular complexity index is 1210. The molecule has 166 valence electrons. The number of amides is 1. The van der Waals surface area contributed by atoms with Crippen molar-refractivity contribution in [2.75, 3.05) is 18.1 Å². The maximum atomic E-state index is 12.9.